The number of hydrogen-bond acceptors (Lipinski definition) is 2. The van der Waals surface area contributed by atoms with Crippen LogP contribution >= 0.6 is 15.9 Å². The lowest BCUT2D eigenvalue weighted by Crippen LogP contribution is -2.09. The van der Waals surface area contributed by atoms with Crippen LogP contribution in [0.2, 0.25) is 0 Å². The molecule has 2 rings (SSSR count). The molecule has 2 nitrogen and oxygen atoms in total. The fraction of sp³-hybridized carbons (Fsp3) is 0.200. The summed E-state index contributed by atoms with van der Waals surface area (Å²) in [4.78, 5) is 0. The predicted molar refractivity (Wildman–Crippen MR) is 75.7 cm³/mol. The van der Waals surface area contributed by atoms with E-state index in [0.717, 1.165) is 15.8 Å². The van der Waals surface area contributed by atoms with Gasteiger partial charge in [-0.25, -0.2) is 0 Å². The van der Waals surface area contributed by atoms with Crippen molar-refractivity contribution in [3.63, 3.8) is 0 Å². The zero-order valence-corrected chi connectivity index (χ0v) is 11.5. The van der Waals surface area contributed by atoms with Gasteiger partial charge < -0.3 is 9.84 Å². The summed E-state index contributed by atoms with van der Waals surface area (Å²) >= 11 is 3.46. The van der Waals surface area contributed by atoms with E-state index in [4.69, 9.17) is 9.84 Å². The Morgan fingerprint density at radius 2 is 1.67 bits per heavy atom. The van der Waals surface area contributed by atoms with Crippen molar-refractivity contribution >= 4 is 15.9 Å². The Bertz CT molecular complexity index is 485. The van der Waals surface area contributed by atoms with Gasteiger partial charge in [0, 0.05) is 13.0 Å². The Balaban J connectivity index is 2.19. The van der Waals surface area contributed by atoms with Gasteiger partial charge in [0.05, 0.1) is 4.47 Å². The van der Waals surface area contributed by atoms with Gasteiger partial charge in [0.1, 0.15) is 11.9 Å². The van der Waals surface area contributed by atoms with E-state index in [-0.39, 0.29) is 12.7 Å². The topological polar surface area (TPSA) is 29.5 Å². The van der Waals surface area contributed by atoms with Crippen LogP contribution in [0.3, 0.4) is 0 Å². The van der Waals surface area contributed by atoms with Crippen molar-refractivity contribution in [1.82, 2.24) is 0 Å². The number of aliphatic hydroxyl groups excluding tert-OH is 1. The van der Waals surface area contributed by atoms with Gasteiger partial charge >= 0.3 is 0 Å². The first-order valence-corrected chi connectivity index (χ1v) is 6.67. The van der Waals surface area contributed by atoms with Crippen molar-refractivity contribution < 1.29 is 9.84 Å². The van der Waals surface area contributed by atoms with E-state index in [0.29, 0.717) is 6.42 Å². The molecule has 0 aliphatic rings. The highest BCUT2D eigenvalue weighted by atomic mass is 79.9. The van der Waals surface area contributed by atoms with Crippen LogP contribution in [0.15, 0.2) is 59.1 Å². The molecule has 0 aromatic heterocycles. The van der Waals surface area contributed by atoms with Gasteiger partial charge in [-0.05, 0) is 33.6 Å². The molecule has 0 saturated heterocycles. The quantitative estimate of drug-likeness (QED) is 0.906. The Kier molecular flexibility index (Phi) is 4.79. The SMILES string of the molecule is OCC[C@@H](Oc1ccccc1Br)c1ccccc1. The molecule has 0 fully saturated rings. The van der Waals surface area contributed by atoms with Crippen molar-refractivity contribution in [2.24, 2.45) is 0 Å². The molecule has 94 valence electrons. The number of aliphatic hydroxyl groups is 1. The van der Waals surface area contributed by atoms with E-state index in [1.54, 1.807) is 0 Å². The number of halogens is 1. The third-order valence-electron chi connectivity index (χ3n) is 2.67. The van der Waals surface area contributed by atoms with Crippen LogP contribution in [0.25, 0.3) is 0 Å². The number of para-hydroxylation sites is 1. The Morgan fingerprint density at radius 3 is 2.33 bits per heavy atom. The van der Waals surface area contributed by atoms with Crippen LogP contribution in [0.1, 0.15) is 18.1 Å². The molecule has 0 unspecified atom stereocenters. The molecular weight excluding hydrogens is 292 g/mol. The second kappa shape index (κ2) is 6.57. The maximum Gasteiger partial charge on any atom is 0.134 e. The summed E-state index contributed by atoms with van der Waals surface area (Å²) in [5.41, 5.74) is 1.07. The van der Waals surface area contributed by atoms with Crippen LogP contribution in [0, 0.1) is 0 Å². The molecule has 0 bridgehead atoms. The molecule has 1 atom stereocenters. The largest absolute Gasteiger partial charge is 0.484 e. The molecule has 0 spiro atoms. The second-order valence-electron chi connectivity index (χ2n) is 3.96. The molecule has 0 amide bonds. The van der Waals surface area contributed by atoms with Gasteiger partial charge in [0.2, 0.25) is 0 Å². The average molecular weight is 307 g/mol. The van der Waals surface area contributed by atoms with E-state index in [1.807, 2.05) is 54.6 Å². The minimum absolute atomic E-state index is 0.101. The molecule has 1 N–H and O–H groups in total. The smallest absolute Gasteiger partial charge is 0.134 e. The minimum Gasteiger partial charge on any atom is -0.484 e. The summed E-state index contributed by atoms with van der Waals surface area (Å²) in [5.74, 6) is 0.791. The lowest BCUT2D eigenvalue weighted by atomic mass is 10.1. The fourth-order valence-electron chi connectivity index (χ4n) is 1.77. The van der Waals surface area contributed by atoms with Crippen LogP contribution in [-0.4, -0.2) is 11.7 Å². The van der Waals surface area contributed by atoms with Crippen LogP contribution < -0.4 is 4.74 Å². The monoisotopic (exact) mass is 306 g/mol. The molecule has 18 heavy (non-hydrogen) atoms. The van der Waals surface area contributed by atoms with Gasteiger partial charge in [0.25, 0.3) is 0 Å². The molecule has 0 aliphatic carbocycles. The van der Waals surface area contributed by atoms with E-state index in [9.17, 15) is 0 Å². The predicted octanol–water partition coefficient (Wildman–Crippen LogP) is 3.95. The standard InChI is InChI=1S/C15H15BrO2/c16-13-8-4-5-9-15(13)18-14(10-11-17)12-6-2-1-3-7-12/h1-9,14,17H,10-11H2/t14-/m1/s1. The fourth-order valence-corrected chi connectivity index (χ4v) is 2.15. The van der Waals surface area contributed by atoms with E-state index in [1.165, 1.54) is 0 Å². The van der Waals surface area contributed by atoms with Crippen molar-refractivity contribution in [2.75, 3.05) is 6.61 Å². The Morgan fingerprint density at radius 1 is 1.00 bits per heavy atom. The number of benzene rings is 2. The van der Waals surface area contributed by atoms with Gasteiger partial charge in [-0.3, -0.25) is 0 Å². The number of rotatable bonds is 5. The lowest BCUT2D eigenvalue weighted by molar-refractivity contribution is 0.155. The van der Waals surface area contributed by atoms with E-state index >= 15 is 0 Å². The van der Waals surface area contributed by atoms with Crippen LogP contribution in [-0.2, 0) is 0 Å². The van der Waals surface area contributed by atoms with Gasteiger partial charge in [-0.2, -0.15) is 0 Å². The molecular formula is C15H15BrO2. The first-order valence-electron chi connectivity index (χ1n) is 5.88. The summed E-state index contributed by atoms with van der Waals surface area (Å²) in [6.45, 7) is 0.101. The summed E-state index contributed by atoms with van der Waals surface area (Å²) in [6, 6.07) is 17.7. The zero-order valence-electron chi connectivity index (χ0n) is 9.92. The summed E-state index contributed by atoms with van der Waals surface area (Å²) in [5, 5.41) is 9.15. The van der Waals surface area contributed by atoms with Crippen molar-refractivity contribution in [1.29, 1.82) is 0 Å². The number of hydrogen-bond donors (Lipinski definition) is 1. The summed E-state index contributed by atoms with van der Waals surface area (Å²) < 4.78 is 6.89. The maximum atomic E-state index is 9.15. The molecule has 3 heteroatoms. The molecule has 0 radical (unpaired) electrons. The lowest BCUT2D eigenvalue weighted by Gasteiger charge is -2.19. The third-order valence-corrected chi connectivity index (χ3v) is 3.32. The summed E-state index contributed by atoms with van der Waals surface area (Å²) in [7, 11) is 0. The highest BCUT2D eigenvalue weighted by Crippen LogP contribution is 2.30. The minimum atomic E-state index is -0.130. The van der Waals surface area contributed by atoms with Crippen molar-refractivity contribution in [2.45, 2.75) is 12.5 Å². The molecule has 0 aliphatic heterocycles. The molecule has 2 aromatic rings. The van der Waals surface area contributed by atoms with E-state index in [2.05, 4.69) is 15.9 Å². The highest BCUT2D eigenvalue weighted by molar-refractivity contribution is 9.10. The zero-order chi connectivity index (χ0) is 12.8. The number of ether oxygens (including phenoxy) is 1. The molecule has 0 heterocycles. The normalized spacial score (nSPS) is 12.1. The maximum absolute atomic E-state index is 9.15. The van der Waals surface area contributed by atoms with Gasteiger partial charge in [-0.15, -0.1) is 0 Å². The van der Waals surface area contributed by atoms with Gasteiger partial charge in [-0.1, -0.05) is 42.5 Å². The van der Waals surface area contributed by atoms with E-state index < -0.39 is 0 Å². The summed E-state index contributed by atoms with van der Waals surface area (Å²) in [6.07, 6.45) is 0.445. The molecule has 2 aromatic carbocycles. The molecule has 0 saturated carbocycles. The Hall–Kier alpha value is -1.32. The van der Waals surface area contributed by atoms with Crippen molar-refractivity contribution in [3.05, 3.63) is 64.6 Å². The second-order valence-corrected chi connectivity index (χ2v) is 4.81. The highest BCUT2D eigenvalue weighted by Gasteiger charge is 2.13. The Labute approximate surface area is 115 Å². The van der Waals surface area contributed by atoms with Crippen LogP contribution in [0.4, 0.5) is 0 Å². The van der Waals surface area contributed by atoms with Crippen molar-refractivity contribution in [3.8, 4) is 5.75 Å². The van der Waals surface area contributed by atoms with Crippen LogP contribution in [0.5, 0.6) is 5.75 Å². The average Bonchev–Trinajstić information content (AvgIpc) is 2.42. The third kappa shape index (κ3) is 3.34. The first-order chi connectivity index (χ1) is 8.81. The first kappa shape index (κ1) is 13.1. The van der Waals surface area contributed by atoms with Gasteiger partial charge in [0.15, 0.2) is 0 Å².